The number of hydrogen-bond acceptors (Lipinski definition) is 7. The standard InChI is InChI=1S/C28H26O7/c1-33-21-10-8-20(9-11-21)28(24(31)14-6-18-4-12-22(29)26(16-18)34-2)25(32)15-7-19-5-13-23(30)27(17-19)35-3/h4-17,28-30H,1-3H3/b14-6+,15-7+. The van der Waals surface area contributed by atoms with Crippen molar-refractivity contribution in [2.24, 2.45) is 0 Å². The van der Waals surface area contributed by atoms with Gasteiger partial charge in [0.05, 0.1) is 21.3 Å². The molecule has 3 aromatic rings. The second-order valence-corrected chi connectivity index (χ2v) is 7.54. The molecular formula is C28H26O7. The molecule has 0 bridgehead atoms. The number of phenols is 2. The second-order valence-electron chi connectivity index (χ2n) is 7.54. The fraction of sp³-hybridized carbons (Fsp3) is 0.143. The third kappa shape index (κ3) is 6.29. The molecule has 3 rings (SSSR count). The van der Waals surface area contributed by atoms with Crippen molar-refractivity contribution in [1.29, 1.82) is 0 Å². The topological polar surface area (TPSA) is 102 Å². The molecule has 0 aliphatic rings. The predicted molar refractivity (Wildman–Crippen MR) is 133 cm³/mol. The lowest BCUT2D eigenvalue weighted by Crippen LogP contribution is -2.19. The molecule has 2 N–H and O–H groups in total. The number of carbonyl (C=O) groups is 2. The number of ether oxygens (including phenoxy) is 3. The first-order valence-corrected chi connectivity index (χ1v) is 10.7. The lowest BCUT2D eigenvalue weighted by molar-refractivity contribution is -0.124. The summed E-state index contributed by atoms with van der Waals surface area (Å²) in [5, 5.41) is 19.5. The van der Waals surface area contributed by atoms with Crippen LogP contribution >= 0.6 is 0 Å². The summed E-state index contributed by atoms with van der Waals surface area (Å²) in [5.41, 5.74) is 1.77. The molecule has 3 aromatic carbocycles. The molecule has 0 saturated heterocycles. The summed E-state index contributed by atoms with van der Waals surface area (Å²) < 4.78 is 15.4. The maximum absolute atomic E-state index is 13.2. The summed E-state index contributed by atoms with van der Waals surface area (Å²) in [6.45, 7) is 0. The lowest BCUT2D eigenvalue weighted by atomic mass is 9.89. The van der Waals surface area contributed by atoms with Gasteiger partial charge in [0, 0.05) is 0 Å². The molecule has 0 aromatic heterocycles. The van der Waals surface area contributed by atoms with Gasteiger partial charge in [-0.1, -0.05) is 36.4 Å². The van der Waals surface area contributed by atoms with Crippen molar-refractivity contribution in [2.75, 3.05) is 21.3 Å². The maximum Gasteiger partial charge on any atom is 0.170 e. The Kier molecular flexibility index (Phi) is 8.29. The van der Waals surface area contributed by atoms with Crippen LogP contribution in [0.4, 0.5) is 0 Å². The molecule has 7 nitrogen and oxygen atoms in total. The number of methoxy groups -OCH3 is 3. The van der Waals surface area contributed by atoms with Crippen LogP contribution in [0.1, 0.15) is 22.6 Å². The molecular weight excluding hydrogens is 448 g/mol. The van der Waals surface area contributed by atoms with Crippen LogP contribution in [-0.2, 0) is 9.59 Å². The van der Waals surface area contributed by atoms with Gasteiger partial charge in [-0.15, -0.1) is 0 Å². The van der Waals surface area contributed by atoms with E-state index in [9.17, 15) is 19.8 Å². The Morgan fingerprint density at radius 2 is 1.14 bits per heavy atom. The Labute approximate surface area is 203 Å². The van der Waals surface area contributed by atoms with Crippen LogP contribution in [-0.4, -0.2) is 43.1 Å². The fourth-order valence-electron chi connectivity index (χ4n) is 3.41. The number of ketones is 2. The zero-order chi connectivity index (χ0) is 25.4. The lowest BCUT2D eigenvalue weighted by Gasteiger charge is -2.12. The number of benzene rings is 3. The molecule has 0 unspecified atom stereocenters. The largest absolute Gasteiger partial charge is 0.504 e. The average molecular weight is 475 g/mol. The number of aromatic hydroxyl groups is 2. The first kappa shape index (κ1) is 25.1. The van der Waals surface area contributed by atoms with Crippen molar-refractivity contribution in [3.63, 3.8) is 0 Å². The molecule has 35 heavy (non-hydrogen) atoms. The molecule has 0 aliphatic carbocycles. The van der Waals surface area contributed by atoms with Crippen LogP contribution in [0.3, 0.4) is 0 Å². The summed E-state index contributed by atoms with van der Waals surface area (Å²) in [6.07, 6.45) is 5.78. The van der Waals surface area contributed by atoms with E-state index in [0.29, 0.717) is 22.4 Å². The van der Waals surface area contributed by atoms with Crippen LogP contribution in [0.5, 0.6) is 28.7 Å². The van der Waals surface area contributed by atoms with Crippen LogP contribution in [0.2, 0.25) is 0 Å². The van der Waals surface area contributed by atoms with Gasteiger partial charge >= 0.3 is 0 Å². The summed E-state index contributed by atoms with van der Waals surface area (Å²) in [5.74, 6) is -0.793. The second kappa shape index (κ2) is 11.6. The van der Waals surface area contributed by atoms with E-state index < -0.39 is 17.5 Å². The predicted octanol–water partition coefficient (Wildman–Crippen LogP) is 4.77. The molecule has 0 aliphatic heterocycles. The SMILES string of the molecule is COc1ccc(C(C(=O)/C=C/c2ccc(O)c(OC)c2)C(=O)/C=C/c2ccc(O)c(OC)c2)cc1. The van der Waals surface area contributed by atoms with E-state index in [0.717, 1.165) is 0 Å². The summed E-state index contributed by atoms with van der Waals surface area (Å²) in [4.78, 5) is 26.4. The Balaban J connectivity index is 1.91. The van der Waals surface area contributed by atoms with Gasteiger partial charge in [0.15, 0.2) is 34.6 Å². The van der Waals surface area contributed by atoms with E-state index >= 15 is 0 Å². The monoisotopic (exact) mass is 474 g/mol. The van der Waals surface area contributed by atoms with Gasteiger partial charge < -0.3 is 24.4 Å². The normalized spacial score (nSPS) is 11.2. The van der Waals surface area contributed by atoms with Gasteiger partial charge in [0.1, 0.15) is 11.7 Å². The number of allylic oxidation sites excluding steroid dienone is 2. The minimum absolute atomic E-state index is 0.0155. The fourth-order valence-corrected chi connectivity index (χ4v) is 3.41. The van der Waals surface area contributed by atoms with Gasteiger partial charge in [-0.3, -0.25) is 9.59 Å². The molecule has 0 fully saturated rings. The van der Waals surface area contributed by atoms with Crippen molar-refractivity contribution >= 4 is 23.7 Å². The Hall–Kier alpha value is -4.52. The maximum atomic E-state index is 13.2. The van der Waals surface area contributed by atoms with Crippen molar-refractivity contribution in [1.82, 2.24) is 0 Å². The van der Waals surface area contributed by atoms with Crippen molar-refractivity contribution in [2.45, 2.75) is 5.92 Å². The van der Waals surface area contributed by atoms with Crippen LogP contribution in [0.15, 0.2) is 72.8 Å². The highest BCUT2D eigenvalue weighted by molar-refractivity contribution is 6.17. The van der Waals surface area contributed by atoms with Crippen LogP contribution in [0.25, 0.3) is 12.2 Å². The number of carbonyl (C=O) groups excluding carboxylic acids is 2. The van der Waals surface area contributed by atoms with Gasteiger partial charge in [0.25, 0.3) is 0 Å². The van der Waals surface area contributed by atoms with E-state index in [-0.39, 0.29) is 23.0 Å². The molecule has 7 heteroatoms. The number of hydrogen-bond donors (Lipinski definition) is 2. The Morgan fingerprint density at radius 1 is 0.686 bits per heavy atom. The molecule has 0 saturated carbocycles. The van der Waals surface area contributed by atoms with Gasteiger partial charge in [-0.05, 0) is 65.2 Å². The Bertz CT molecular complexity index is 1180. The first-order chi connectivity index (χ1) is 16.9. The molecule has 0 atom stereocenters. The highest BCUT2D eigenvalue weighted by Gasteiger charge is 2.25. The summed E-state index contributed by atoms with van der Waals surface area (Å²) in [7, 11) is 4.40. The minimum Gasteiger partial charge on any atom is -0.504 e. The van der Waals surface area contributed by atoms with Crippen molar-refractivity contribution in [3.05, 3.63) is 89.5 Å². The van der Waals surface area contributed by atoms with E-state index in [2.05, 4.69) is 0 Å². The molecule has 0 heterocycles. The molecule has 0 spiro atoms. The number of phenolic OH excluding ortho intramolecular Hbond substituents is 2. The molecule has 0 radical (unpaired) electrons. The highest BCUT2D eigenvalue weighted by atomic mass is 16.5. The smallest absolute Gasteiger partial charge is 0.170 e. The average Bonchev–Trinajstić information content (AvgIpc) is 2.88. The zero-order valence-corrected chi connectivity index (χ0v) is 19.6. The van der Waals surface area contributed by atoms with Crippen molar-refractivity contribution in [3.8, 4) is 28.7 Å². The zero-order valence-electron chi connectivity index (χ0n) is 19.6. The van der Waals surface area contributed by atoms with Crippen LogP contribution in [0, 0.1) is 0 Å². The van der Waals surface area contributed by atoms with Gasteiger partial charge in [-0.25, -0.2) is 0 Å². The number of rotatable bonds is 10. The summed E-state index contributed by atoms with van der Waals surface area (Å²) >= 11 is 0. The summed E-state index contributed by atoms with van der Waals surface area (Å²) in [6, 6.07) is 16.1. The van der Waals surface area contributed by atoms with Crippen LogP contribution < -0.4 is 14.2 Å². The van der Waals surface area contributed by atoms with Gasteiger partial charge in [0.2, 0.25) is 0 Å². The quantitative estimate of drug-likeness (QED) is 0.322. The molecule has 180 valence electrons. The van der Waals surface area contributed by atoms with E-state index in [1.54, 1.807) is 60.7 Å². The Morgan fingerprint density at radius 3 is 1.54 bits per heavy atom. The van der Waals surface area contributed by atoms with E-state index in [1.165, 1.54) is 45.6 Å². The first-order valence-electron chi connectivity index (χ1n) is 10.7. The van der Waals surface area contributed by atoms with Gasteiger partial charge in [-0.2, -0.15) is 0 Å². The van der Waals surface area contributed by atoms with Crippen molar-refractivity contribution < 1.29 is 34.0 Å². The highest BCUT2D eigenvalue weighted by Crippen LogP contribution is 2.29. The van der Waals surface area contributed by atoms with E-state index in [4.69, 9.17) is 14.2 Å². The van der Waals surface area contributed by atoms with E-state index in [1.807, 2.05) is 0 Å². The molecule has 0 amide bonds. The third-order valence-electron chi connectivity index (χ3n) is 5.31. The minimum atomic E-state index is -1.08. The third-order valence-corrected chi connectivity index (χ3v) is 5.31.